The first-order chi connectivity index (χ1) is 9.25. The molecule has 0 fully saturated rings. The summed E-state index contributed by atoms with van der Waals surface area (Å²) in [6.07, 6.45) is -6.79. The molecule has 9 heteroatoms. The van der Waals surface area contributed by atoms with Crippen LogP contribution in [0.5, 0.6) is 0 Å². The molecule has 6 nitrogen and oxygen atoms in total. The van der Waals surface area contributed by atoms with Gasteiger partial charge < -0.3 is 14.9 Å². The zero-order chi connectivity index (χ0) is 15.3. The molecule has 1 rings (SSSR count). The van der Waals surface area contributed by atoms with Crippen molar-refractivity contribution >= 4 is 5.97 Å². The van der Waals surface area contributed by atoms with Gasteiger partial charge in [0.25, 0.3) is 0 Å². The molecule has 2 unspecified atom stereocenters. The molecule has 0 aliphatic heterocycles. The molecule has 0 aliphatic rings. The topological polar surface area (TPSA) is 92.5 Å². The van der Waals surface area contributed by atoms with E-state index in [2.05, 4.69) is 14.7 Å². The van der Waals surface area contributed by atoms with Gasteiger partial charge in [-0.25, -0.2) is 9.97 Å². The van der Waals surface area contributed by atoms with Crippen LogP contribution in [0.4, 0.5) is 13.2 Å². The Hall–Kier alpha value is -1.74. The van der Waals surface area contributed by atoms with E-state index >= 15 is 0 Å². The van der Waals surface area contributed by atoms with Crippen molar-refractivity contribution in [1.82, 2.24) is 9.97 Å². The number of hydrogen-bond acceptors (Lipinski definition) is 6. The minimum Gasteiger partial charge on any atom is -0.466 e. The predicted octanol–water partition coefficient (Wildman–Crippen LogP) is 0.843. The molecular formula is C11H13F3N2O4. The van der Waals surface area contributed by atoms with Gasteiger partial charge in [0.1, 0.15) is 6.10 Å². The summed E-state index contributed by atoms with van der Waals surface area (Å²) in [6.45, 7) is 1.69. The lowest BCUT2D eigenvalue weighted by Crippen LogP contribution is -2.23. The summed E-state index contributed by atoms with van der Waals surface area (Å²) in [5.41, 5.74) is -0.130. The van der Waals surface area contributed by atoms with E-state index in [4.69, 9.17) is 0 Å². The molecule has 0 bridgehead atoms. The Labute approximate surface area is 112 Å². The Balaban J connectivity index is 2.72. The van der Waals surface area contributed by atoms with Gasteiger partial charge in [-0.05, 0) is 6.92 Å². The average Bonchev–Trinajstić information content (AvgIpc) is 2.37. The Morgan fingerprint density at radius 2 is 1.90 bits per heavy atom. The number of hydrogen-bond donors (Lipinski definition) is 2. The van der Waals surface area contributed by atoms with Crippen LogP contribution in [0.1, 0.15) is 30.8 Å². The van der Waals surface area contributed by atoms with Gasteiger partial charge in [0.2, 0.25) is 5.82 Å². The number of esters is 1. The standard InChI is InChI=1S/C11H13F3N2O4/c1-2-20-8(18)3-7(17)9(19)6-4-15-10(16-5-6)11(12,13)14/h4-5,7,9,17,19H,2-3H2,1H3. The van der Waals surface area contributed by atoms with E-state index < -0.39 is 36.6 Å². The van der Waals surface area contributed by atoms with E-state index in [1.54, 1.807) is 6.92 Å². The van der Waals surface area contributed by atoms with Crippen molar-refractivity contribution in [3.63, 3.8) is 0 Å². The fourth-order valence-corrected chi connectivity index (χ4v) is 1.36. The van der Waals surface area contributed by atoms with E-state index in [-0.39, 0.29) is 12.2 Å². The van der Waals surface area contributed by atoms with Crippen LogP contribution in [0.3, 0.4) is 0 Å². The van der Waals surface area contributed by atoms with Crippen LogP contribution in [0.25, 0.3) is 0 Å². The highest BCUT2D eigenvalue weighted by Gasteiger charge is 2.34. The van der Waals surface area contributed by atoms with Crippen molar-refractivity contribution < 1.29 is 32.9 Å². The third-order valence-corrected chi connectivity index (χ3v) is 2.31. The van der Waals surface area contributed by atoms with Gasteiger partial charge in [-0.3, -0.25) is 4.79 Å². The lowest BCUT2D eigenvalue weighted by atomic mass is 10.1. The third-order valence-electron chi connectivity index (χ3n) is 2.31. The number of aromatic nitrogens is 2. The molecule has 112 valence electrons. The molecule has 20 heavy (non-hydrogen) atoms. The molecule has 0 amide bonds. The number of carbonyl (C=O) groups is 1. The minimum absolute atomic E-state index is 0.116. The summed E-state index contributed by atoms with van der Waals surface area (Å²) < 4.78 is 41.3. The Bertz CT molecular complexity index is 450. The maximum absolute atomic E-state index is 12.2. The van der Waals surface area contributed by atoms with Crippen molar-refractivity contribution in [3.8, 4) is 0 Å². The maximum Gasteiger partial charge on any atom is 0.451 e. The van der Waals surface area contributed by atoms with Gasteiger partial charge >= 0.3 is 12.1 Å². The first kappa shape index (κ1) is 16.3. The van der Waals surface area contributed by atoms with Crippen LogP contribution < -0.4 is 0 Å². The third kappa shape index (κ3) is 4.42. The van der Waals surface area contributed by atoms with Crippen LogP contribution >= 0.6 is 0 Å². The molecule has 0 saturated heterocycles. The highest BCUT2D eigenvalue weighted by atomic mass is 19.4. The molecule has 1 heterocycles. The molecule has 0 radical (unpaired) electrons. The van der Waals surface area contributed by atoms with E-state index in [1.807, 2.05) is 0 Å². The zero-order valence-electron chi connectivity index (χ0n) is 10.5. The van der Waals surface area contributed by atoms with E-state index in [0.29, 0.717) is 0 Å². The normalized spacial score (nSPS) is 14.7. The Morgan fingerprint density at radius 3 is 2.35 bits per heavy atom. The quantitative estimate of drug-likeness (QED) is 0.782. The van der Waals surface area contributed by atoms with Gasteiger partial charge in [0, 0.05) is 18.0 Å². The fourth-order valence-electron chi connectivity index (χ4n) is 1.36. The van der Waals surface area contributed by atoms with Crippen LogP contribution in [0.2, 0.25) is 0 Å². The second-order valence-corrected chi connectivity index (χ2v) is 3.86. The van der Waals surface area contributed by atoms with E-state index in [1.165, 1.54) is 0 Å². The van der Waals surface area contributed by atoms with Crippen molar-refractivity contribution in [1.29, 1.82) is 0 Å². The summed E-state index contributed by atoms with van der Waals surface area (Å²) in [5, 5.41) is 19.2. The molecule has 2 atom stereocenters. The predicted molar refractivity (Wildman–Crippen MR) is 59.3 cm³/mol. The lowest BCUT2D eigenvalue weighted by Gasteiger charge is -2.17. The highest BCUT2D eigenvalue weighted by molar-refractivity contribution is 5.70. The number of carbonyl (C=O) groups excluding carboxylic acids is 1. The highest BCUT2D eigenvalue weighted by Crippen LogP contribution is 2.26. The molecule has 2 N–H and O–H groups in total. The van der Waals surface area contributed by atoms with Crippen LogP contribution in [-0.2, 0) is 15.7 Å². The van der Waals surface area contributed by atoms with Gasteiger partial charge in [-0.2, -0.15) is 13.2 Å². The summed E-state index contributed by atoms with van der Waals surface area (Å²) >= 11 is 0. The second-order valence-electron chi connectivity index (χ2n) is 3.86. The Kier molecular flexibility index (Phi) is 5.40. The van der Waals surface area contributed by atoms with Crippen molar-refractivity contribution in [2.24, 2.45) is 0 Å². The smallest absolute Gasteiger partial charge is 0.451 e. The lowest BCUT2D eigenvalue weighted by molar-refractivity contribution is -0.147. The zero-order valence-corrected chi connectivity index (χ0v) is 10.5. The first-order valence-electron chi connectivity index (χ1n) is 5.66. The largest absolute Gasteiger partial charge is 0.466 e. The fraction of sp³-hybridized carbons (Fsp3) is 0.545. The van der Waals surface area contributed by atoms with Crippen molar-refractivity contribution in [2.75, 3.05) is 6.61 Å². The molecule has 0 aromatic carbocycles. The van der Waals surface area contributed by atoms with Crippen LogP contribution in [-0.4, -0.2) is 38.9 Å². The van der Waals surface area contributed by atoms with Crippen molar-refractivity contribution in [3.05, 3.63) is 23.8 Å². The number of nitrogens with zero attached hydrogens (tertiary/aromatic N) is 2. The second kappa shape index (κ2) is 6.62. The number of aliphatic hydroxyl groups is 2. The van der Waals surface area contributed by atoms with Gasteiger partial charge in [-0.15, -0.1) is 0 Å². The SMILES string of the molecule is CCOC(=O)CC(O)C(O)c1cnc(C(F)(F)F)nc1. The molecular weight excluding hydrogens is 281 g/mol. The first-order valence-corrected chi connectivity index (χ1v) is 5.66. The maximum atomic E-state index is 12.2. The summed E-state index contributed by atoms with van der Waals surface area (Å²) in [7, 11) is 0. The molecule has 1 aromatic heterocycles. The average molecular weight is 294 g/mol. The number of aliphatic hydroxyl groups excluding tert-OH is 2. The number of rotatable bonds is 5. The molecule has 0 spiro atoms. The van der Waals surface area contributed by atoms with Crippen LogP contribution in [0.15, 0.2) is 12.4 Å². The molecule has 0 aliphatic carbocycles. The summed E-state index contributed by atoms with van der Waals surface area (Å²) in [5.74, 6) is -2.08. The Morgan fingerprint density at radius 1 is 1.35 bits per heavy atom. The molecule has 1 aromatic rings. The van der Waals surface area contributed by atoms with Gasteiger partial charge in [-0.1, -0.05) is 0 Å². The summed E-state index contributed by atoms with van der Waals surface area (Å²) in [6, 6.07) is 0. The number of halogens is 3. The van der Waals surface area contributed by atoms with E-state index in [0.717, 1.165) is 12.4 Å². The minimum atomic E-state index is -4.69. The number of ether oxygens (including phenoxy) is 1. The monoisotopic (exact) mass is 294 g/mol. The molecule has 0 saturated carbocycles. The van der Waals surface area contributed by atoms with Crippen LogP contribution in [0, 0.1) is 0 Å². The van der Waals surface area contributed by atoms with Gasteiger partial charge in [0.05, 0.1) is 19.1 Å². The van der Waals surface area contributed by atoms with Gasteiger partial charge in [0.15, 0.2) is 0 Å². The summed E-state index contributed by atoms with van der Waals surface area (Å²) in [4.78, 5) is 17.2. The number of alkyl halides is 3. The van der Waals surface area contributed by atoms with E-state index in [9.17, 15) is 28.2 Å². The van der Waals surface area contributed by atoms with Crippen molar-refractivity contribution in [2.45, 2.75) is 31.7 Å².